The Balaban J connectivity index is 2.65. The lowest BCUT2D eigenvalue weighted by molar-refractivity contribution is -0.141. The Labute approximate surface area is 86.4 Å². The first-order valence-electron chi connectivity index (χ1n) is 5.23. The minimum Gasteiger partial charge on any atom is -0.376 e. The second-order valence-corrected chi connectivity index (χ2v) is 5.10. The molecule has 0 radical (unpaired) electrons. The molecule has 1 amide bonds. The summed E-state index contributed by atoms with van der Waals surface area (Å²) in [6.07, 6.45) is 1.13. The largest absolute Gasteiger partial charge is 0.376 e. The van der Waals surface area contributed by atoms with Crippen molar-refractivity contribution in [2.24, 2.45) is 5.41 Å². The third-order valence-corrected chi connectivity index (χ3v) is 2.80. The van der Waals surface area contributed by atoms with Crippen molar-refractivity contribution in [2.45, 2.75) is 46.3 Å². The van der Waals surface area contributed by atoms with Crippen LogP contribution in [0, 0.1) is 5.41 Å². The zero-order valence-corrected chi connectivity index (χ0v) is 9.83. The standard InChI is InChI=1S/C11H21NO2/c1-8-9(6-7-14-8)12(5)10(13)11(2,3)4/h8-9H,6-7H2,1-5H3. The fraction of sp³-hybridized carbons (Fsp3) is 0.909. The highest BCUT2D eigenvalue weighted by molar-refractivity contribution is 5.81. The molecule has 3 nitrogen and oxygen atoms in total. The number of amides is 1. The van der Waals surface area contributed by atoms with Crippen molar-refractivity contribution in [1.82, 2.24) is 4.90 Å². The Morgan fingerprint density at radius 3 is 2.36 bits per heavy atom. The third kappa shape index (κ3) is 2.27. The molecule has 0 aromatic rings. The molecule has 0 saturated carbocycles. The summed E-state index contributed by atoms with van der Waals surface area (Å²) < 4.78 is 5.46. The van der Waals surface area contributed by atoms with Crippen LogP contribution >= 0.6 is 0 Å². The SMILES string of the molecule is CC1OCCC1N(C)C(=O)C(C)(C)C. The van der Waals surface area contributed by atoms with E-state index in [4.69, 9.17) is 4.74 Å². The van der Waals surface area contributed by atoms with Gasteiger partial charge in [0.2, 0.25) is 5.91 Å². The van der Waals surface area contributed by atoms with Gasteiger partial charge in [0.15, 0.2) is 0 Å². The average molecular weight is 199 g/mol. The molecule has 1 heterocycles. The first kappa shape index (κ1) is 11.5. The van der Waals surface area contributed by atoms with Crippen molar-refractivity contribution < 1.29 is 9.53 Å². The van der Waals surface area contributed by atoms with Crippen LogP contribution in [0.3, 0.4) is 0 Å². The lowest BCUT2D eigenvalue weighted by Crippen LogP contribution is -2.45. The van der Waals surface area contributed by atoms with Gasteiger partial charge < -0.3 is 9.64 Å². The molecule has 1 aliphatic heterocycles. The van der Waals surface area contributed by atoms with Gasteiger partial charge in [-0.15, -0.1) is 0 Å². The van der Waals surface area contributed by atoms with Gasteiger partial charge in [0.05, 0.1) is 12.1 Å². The van der Waals surface area contributed by atoms with Crippen LogP contribution in [-0.4, -0.2) is 36.6 Å². The van der Waals surface area contributed by atoms with E-state index < -0.39 is 0 Å². The first-order valence-corrected chi connectivity index (χ1v) is 5.23. The molecule has 14 heavy (non-hydrogen) atoms. The van der Waals surface area contributed by atoms with Crippen molar-refractivity contribution in [3.8, 4) is 0 Å². The zero-order valence-electron chi connectivity index (χ0n) is 9.83. The van der Waals surface area contributed by atoms with E-state index in [1.54, 1.807) is 0 Å². The molecule has 0 aromatic heterocycles. The second kappa shape index (κ2) is 3.89. The van der Waals surface area contributed by atoms with Crippen LogP contribution in [0.4, 0.5) is 0 Å². The molecule has 82 valence electrons. The van der Waals surface area contributed by atoms with Gasteiger partial charge in [-0.1, -0.05) is 20.8 Å². The fourth-order valence-electron chi connectivity index (χ4n) is 1.91. The van der Waals surface area contributed by atoms with Crippen LogP contribution in [0.2, 0.25) is 0 Å². The number of hydrogen-bond acceptors (Lipinski definition) is 2. The molecule has 0 aromatic carbocycles. The highest BCUT2D eigenvalue weighted by Crippen LogP contribution is 2.24. The van der Waals surface area contributed by atoms with Gasteiger partial charge in [-0.05, 0) is 13.3 Å². The maximum Gasteiger partial charge on any atom is 0.228 e. The predicted octanol–water partition coefficient (Wildman–Crippen LogP) is 1.67. The lowest BCUT2D eigenvalue weighted by atomic mass is 9.93. The van der Waals surface area contributed by atoms with Crippen LogP contribution in [0.25, 0.3) is 0 Å². The van der Waals surface area contributed by atoms with E-state index >= 15 is 0 Å². The van der Waals surface area contributed by atoms with Crippen molar-refractivity contribution in [2.75, 3.05) is 13.7 Å². The van der Waals surface area contributed by atoms with Crippen molar-refractivity contribution in [1.29, 1.82) is 0 Å². The van der Waals surface area contributed by atoms with E-state index in [-0.39, 0.29) is 23.5 Å². The number of carbonyl (C=O) groups is 1. The molecule has 1 aliphatic rings. The normalized spacial score (nSPS) is 27.8. The topological polar surface area (TPSA) is 29.5 Å². The number of ether oxygens (including phenoxy) is 1. The average Bonchev–Trinajstić information content (AvgIpc) is 2.47. The van der Waals surface area contributed by atoms with E-state index in [2.05, 4.69) is 0 Å². The van der Waals surface area contributed by atoms with Gasteiger partial charge in [-0.25, -0.2) is 0 Å². The molecule has 1 rings (SSSR count). The summed E-state index contributed by atoms with van der Waals surface area (Å²) in [5.74, 6) is 0.194. The van der Waals surface area contributed by atoms with E-state index in [9.17, 15) is 4.79 Å². The summed E-state index contributed by atoms with van der Waals surface area (Å²) in [4.78, 5) is 13.8. The van der Waals surface area contributed by atoms with Crippen LogP contribution in [0.15, 0.2) is 0 Å². The van der Waals surface area contributed by atoms with Gasteiger partial charge in [-0.3, -0.25) is 4.79 Å². The summed E-state index contributed by atoms with van der Waals surface area (Å²) in [6, 6.07) is 0.252. The molecule has 2 atom stereocenters. The summed E-state index contributed by atoms with van der Waals surface area (Å²) in [5.41, 5.74) is -0.295. The number of carbonyl (C=O) groups excluding carboxylic acids is 1. The summed E-state index contributed by atoms with van der Waals surface area (Å²) >= 11 is 0. The first-order chi connectivity index (χ1) is 6.34. The molecule has 0 spiro atoms. The molecule has 0 aliphatic carbocycles. The third-order valence-electron chi connectivity index (χ3n) is 2.80. The van der Waals surface area contributed by atoms with Crippen molar-refractivity contribution in [3.63, 3.8) is 0 Å². The summed E-state index contributed by atoms with van der Waals surface area (Å²) in [5, 5.41) is 0. The Bertz CT molecular complexity index is 220. The predicted molar refractivity (Wildman–Crippen MR) is 56.0 cm³/mol. The van der Waals surface area contributed by atoms with Crippen LogP contribution in [0.5, 0.6) is 0 Å². The van der Waals surface area contributed by atoms with Gasteiger partial charge in [0.25, 0.3) is 0 Å². The smallest absolute Gasteiger partial charge is 0.228 e. The van der Waals surface area contributed by atoms with E-state index in [0.29, 0.717) is 0 Å². The summed E-state index contributed by atoms with van der Waals surface area (Å²) in [6.45, 7) is 8.66. The minimum atomic E-state index is -0.295. The molecular weight excluding hydrogens is 178 g/mol. The quantitative estimate of drug-likeness (QED) is 0.643. The number of nitrogens with zero attached hydrogens (tertiary/aromatic N) is 1. The monoisotopic (exact) mass is 199 g/mol. The van der Waals surface area contributed by atoms with Gasteiger partial charge in [-0.2, -0.15) is 0 Å². The molecule has 0 bridgehead atoms. The van der Waals surface area contributed by atoms with Crippen molar-refractivity contribution in [3.05, 3.63) is 0 Å². The maximum absolute atomic E-state index is 12.0. The fourth-order valence-corrected chi connectivity index (χ4v) is 1.91. The summed E-state index contributed by atoms with van der Waals surface area (Å²) in [7, 11) is 1.88. The Morgan fingerprint density at radius 2 is 2.00 bits per heavy atom. The molecule has 1 fully saturated rings. The second-order valence-electron chi connectivity index (χ2n) is 5.10. The molecule has 3 heteroatoms. The Kier molecular flexibility index (Phi) is 3.20. The molecule has 1 saturated heterocycles. The van der Waals surface area contributed by atoms with Crippen LogP contribution in [0.1, 0.15) is 34.1 Å². The molecule has 0 N–H and O–H groups in total. The number of rotatable bonds is 1. The van der Waals surface area contributed by atoms with E-state index in [1.807, 2.05) is 39.6 Å². The lowest BCUT2D eigenvalue weighted by Gasteiger charge is -2.32. The minimum absolute atomic E-state index is 0.172. The van der Waals surface area contributed by atoms with E-state index in [0.717, 1.165) is 13.0 Å². The molecule has 2 unspecified atom stereocenters. The van der Waals surface area contributed by atoms with Crippen LogP contribution in [-0.2, 0) is 9.53 Å². The van der Waals surface area contributed by atoms with Gasteiger partial charge in [0.1, 0.15) is 0 Å². The van der Waals surface area contributed by atoms with Crippen molar-refractivity contribution >= 4 is 5.91 Å². The zero-order chi connectivity index (χ0) is 10.9. The Hall–Kier alpha value is -0.570. The van der Waals surface area contributed by atoms with E-state index in [1.165, 1.54) is 0 Å². The van der Waals surface area contributed by atoms with Crippen LogP contribution < -0.4 is 0 Å². The number of likely N-dealkylation sites (N-methyl/N-ethyl adjacent to an activating group) is 1. The molecular formula is C11H21NO2. The highest BCUT2D eigenvalue weighted by Gasteiger charge is 2.34. The number of hydrogen-bond donors (Lipinski definition) is 0. The highest BCUT2D eigenvalue weighted by atomic mass is 16.5. The van der Waals surface area contributed by atoms with Gasteiger partial charge in [0, 0.05) is 19.1 Å². The Morgan fingerprint density at radius 1 is 1.43 bits per heavy atom. The van der Waals surface area contributed by atoms with Gasteiger partial charge >= 0.3 is 0 Å². The maximum atomic E-state index is 12.0.